The third kappa shape index (κ3) is 2.96. The van der Waals surface area contributed by atoms with Crippen molar-refractivity contribution in [2.45, 2.75) is 18.9 Å². The molecule has 0 bridgehead atoms. The van der Waals surface area contributed by atoms with Crippen molar-refractivity contribution in [1.82, 2.24) is 5.32 Å². The molecule has 0 saturated carbocycles. The number of hydrogen-bond donors (Lipinski definition) is 3. The molecule has 21 heavy (non-hydrogen) atoms. The summed E-state index contributed by atoms with van der Waals surface area (Å²) in [5, 5.41) is 22.0. The molecule has 1 unspecified atom stereocenters. The molecule has 9 heteroatoms. The van der Waals surface area contributed by atoms with Gasteiger partial charge in [-0.1, -0.05) is 0 Å². The van der Waals surface area contributed by atoms with Crippen LogP contribution in [0.1, 0.15) is 12.8 Å². The van der Waals surface area contributed by atoms with Crippen molar-refractivity contribution in [3.63, 3.8) is 0 Å². The Morgan fingerprint density at radius 2 is 2.33 bits per heavy atom. The van der Waals surface area contributed by atoms with Gasteiger partial charge >= 0.3 is 6.09 Å². The minimum atomic E-state index is -1.18. The Morgan fingerprint density at radius 3 is 2.95 bits per heavy atom. The van der Waals surface area contributed by atoms with E-state index in [4.69, 9.17) is 10.8 Å². The molecule has 1 aromatic rings. The first kappa shape index (κ1) is 14.8. The minimum Gasteiger partial charge on any atom is -0.465 e. The van der Waals surface area contributed by atoms with Gasteiger partial charge in [0.05, 0.1) is 10.6 Å². The van der Waals surface area contributed by atoms with Crippen LogP contribution in [0.5, 0.6) is 0 Å². The molecule has 1 aromatic carbocycles. The van der Waals surface area contributed by atoms with E-state index in [-0.39, 0.29) is 29.6 Å². The van der Waals surface area contributed by atoms with Gasteiger partial charge in [0.2, 0.25) is 0 Å². The number of nitro groups is 1. The fourth-order valence-electron chi connectivity index (χ4n) is 2.57. The molecular formula is C12H15FN4O4. The summed E-state index contributed by atoms with van der Waals surface area (Å²) in [7, 11) is 0. The quantitative estimate of drug-likeness (QED) is 0.440. The lowest BCUT2D eigenvalue weighted by atomic mass is 10.1. The molecule has 114 valence electrons. The van der Waals surface area contributed by atoms with Gasteiger partial charge in [-0.3, -0.25) is 10.1 Å². The van der Waals surface area contributed by atoms with Gasteiger partial charge in [0, 0.05) is 25.2 Å². The van der Waals surface area contributed by atoms with Crippen LogP contribution in [0.25, 0.3) is 0 Å². The number of nitro benzene ring substituents is 1. The molecule has 0 aromatic heterocycles. The van der Waals surface area contributed by atoms with Crippen molar-refractivity contribution >= 4 is 23.2 Å². The lowest BCUT2D eigenvalue weighted by Crippen LogP contribution is -2.40. The van der Waals surface area contributed by atoms with Crippen molar-refractivity contribution in [1.29, 1.82) is 0 Å². The summed E-state index contributed by atoms with van der Waals surface area (Å²) in [4.78, 5) is 22.7. The van der Waals surface area contributed by atoms with Crippen LogP contribution in [-0.4, -0.2) is 35.3 Å². The summed E-state index contributed by atoms with van der Waals surface area (Å²) in [6, 6.07) is 1.74. The van der Waals surface area contributed by atoms with E-state index in [9.17, 15) is 19.3 Å². The van der Waals surface area contributed by atoms with Crippen LogP contribution in [0.2, 0.25) is 0 Å². The van der Waals surface area contributed by atoms with Crippen molar-refractivity contribution in [2.24, 2.45) is 0 Å². The van der Waals surface area contributed by atoms with E-state index >= 15 is 0 Å². The monoisotopic (exact) mass is 298 g/mol. The second-order valence-electron chi connectivity index (χ2n) is 4.76. The van der Waals surface area contributed by atoms with Crippen LogP contribution in [0, 0.1) is 15.9 Å². The first-order valence-electron chi connectivity index (χ1n) is 6.37. The van der Waals surface area contributed by atoms with Crippen molar-refractivity contribution in [3.8, 4) is 0 Å². The van der Waals surface area contributed by atoms with Gasteiger partial charge in [-0.15, -0.1) is 0 Å². The first-order valence-corrected chi connectivity index (χ1v) is 6.37. The highest BCUT2D eigenvalue weighted by Crippen LogP contribution is 2.39. The number of nitrogen functional groups attached to an aromatic ring is 1. The number of nitrogens with one attached hydrogen (secondary N) is 1. The van der Waals surface area contributed by atoms with Crippen LogP contribution in [0.4, 0.5) is 26.2 Å². The van der Waals surface area contributed by atoms with Gasteiger partial charge in [-0.05, 0) is 18.9 Å². The molecule has 1 heterocycles. The second kappa shape index (κ2) is 5.81. The molecule has 4 N–H and O–H groups in total. The smallest absolute Gasteiger partial charge is 0.404 e. The van der Waals surface area contributed by atoms with E-state index in [1.54, 1.807) is 4.90 Å². The van der Waals surface area contributed by atoms with Crippen LogP contribution in [0.15, 0.2) is 12.1 Å². The summed E-state index contributed by atoms with van der Waals surface area (Å²) in [5.74, 6) is -0.729. The average molecular weight is 298 g/mol. The molecule has 1 atom stereocenters. The van der Waals surface area contributed by atoms with Gasteiger partial charge in [0.25, 0.3) is 5.69 Å². The Bertz CT molecular complexity index is 581. The molecule has 1 aliphatic heterocycles. The van der Waals surface area contributed by atoms with E-state index in [1.807, 2.05) is 0 Å². The van der Waals surface area contributed by atoms with Crippen LogP contribution >= 0.6 is 0 Å². The summed E-state index contributed by atoms with van der Waals surface area (Å²) in [6.07, 6.45) is 0.190. The number of nitrogens with zero attached hydrogens (tertiary/aromatic N) is 2. The Balaban J connectivity index is 2.37. The zero-order valence-corrected chi connectivity index (χ0v) is 11.1. The number of hydrogen-bond acceptors (Lipinski definition) is 5. The molecule has 0 spiro atoms. The zero-order valence-electron chi connectivity index (χ0n) is 11.1. The largest absolute Gasteiger partial charge is 0.465 e. The number of carbonyl (C=O) groups is 1. The van der Waals surface area contributed by atoms with Gasteiger partial charge in [0.15, 0.2) is 0 Å². The molecule has 1 saturated heterocycles. The Hall–Kier alpha value is -2.58. The number of nitrogens with two attached hydrogens (primary N) is 1. The van der Waals surface area contributed by atoms with Gasteiger partial charge in [0.1, 0.15) is 11.5 Å². The Morgan fingerprint density at radius 1 is 1.62 bits per heavy atom. The predicted molar refractivity (Wildman–Crippen MR) is 73.9 cm³/mol. The van der Waals surface area contributed by atoms with E-state index in [0.717, 1.165) is 18.6 Å². The molecule has 8 nitrogen and oxygen atoms in total. The zero-order chi connectivity index (χ0) is 15.6. The standard InChI is InChI=1S/C12H15FN4O4/c13-8-3-4-9(17(20)21)11(10(8)14)16-5-1-2-7(16)6-15-12(18)19/h3-4,7,15H,1-2,5-6,14H2,(H,18,19). The van der Waals surface area contributed by atoms with Crippen molar-refractivity contribution < 1.29 is 19.2 Å². The second-order valence-corrected chi connectivity index (χ2v) is 4.76. The summed E-state index contributed by atoms with van der Waals surface area (Å²) in [5.41, 5.74) is 5.12. The van der Waals surface area contributed by atoms with Gasteiger partial charge in [-0.25, -0.2) is 9.18 Å². The van der Waals surface area contributed by atoms with Crippen LogP contribution in [-0.2, 0) is 0 Å². The molecule has 2 rings (SSSR count). The molecule has 0 aliphatic carbocycles. The molecule has 0 radical (unpaired) electrons. The fourth-order valence-corrected chi connectivity index (χ4v) is 2.57. The predicted octanol–water partition coefficient (Wildman–Crippen LogP) is 1.55. The molecule has 1 aliphatic rings. The van der Waals surface area contributed by atoms with Crippen LogP contribution < -0.4 is 16.0 Å². The highest BCUT2D eigenvalue weighted by molar-refractivity contribution is 5.79. The van der Waals surface area contributed by atoms with Crippen LogP contribution in [0.3, 0.4) is 0 Å². The average Bonchev–Trinajstić information content (AvgIpc) is 2.87. The van der Waals surface area contributed by atoms with Gasteiger partial charge in [-0.2, -0.15) is 0 Å². The summed E-state index contributed by atoms with van der Waals surface area (Å²) >= 11 is 0. The summed E-state index contributed by atoms with van der Waals surface area (Å²) < 4.78 is 13.6. The fraction of sp³-hybridized carbons (Fsp3) is 0.417. The number of rotatable bonds is 4. The maximum atomic E-state index is 13.6. The number of anilines is 2. The number of benzene rings is 1. The summed E-state index contributed by atoms with van der Waals surface area (Å²) in [6.45, 7) is 0.558. The lowest BCUT2D eigenvalue weighted by Gasteiger charge is -2.27. The van der Waals surface area contributed by atoms with Gasteiger partial charge < -0.3 is 21.1 Å². The Labute approximate surface area is 119 Å². The normalized spacial score (nSPS) is 17.8. The lowest BCUT2D eigenvalue weighted by molar-refractivity contribution is -0.384. The number of carboxylic acid groups (broad SMARTS) is 1. The SMILES string of the molecule is Nc1c(F)ccc([N+](=O)[O-])c1N1CCCC1CNC(=O)O. The number of amides is 1. The third-order valence-corrected chi connectivity index (χ3v) is 3.49. The van der Waals surface area contributed by atoms with E-state index in [2.05, 4.69) is 5.32 Å². The minimum absolute atomic E-state index is 0.0229. The number of halogens is 1. The maximum absolute atomic E-state index is 13.6. The van der Waals surface area contributed by atoms with E-state index in [1.165, 1.54) is 0 Å². The molecular weight excluding hydrogens is 283 g/mol. The maximum Gasteiger partial charge on any atom is 0.404 e. The van der Waals surface area contributed by atoms with Crippen molar-refractivity contribution in [3.05, 3.63) is 28.1 Å². The topological polar surface area (TPSA) is 122 Å². The third-order valence-electron chi connectivity index (χ3n) is 3.49. The first-order chi connectivity index (χ1) is 9.91. The van der Waals surface area contributed by atoms with E-state index < -0.39 is 16.8 Å². The Kier molecular flexibility index (Phi) is 4.10. The van der Waals surface area contributed by atoms with Crippen molar-refractivity contribution in [2.75, 3.05) is 23.7 Å². The molecule has 1 fully saturated rings. The molecule has 1 amide bonds. The highest BCUT2D eigenvalue weighted by Gasteiger charge is 2.32. The highest BCUT2D eigenvalue weighted by atomic mass is 19.1. The van der Waals surface area contributed by atoms with E-state index in [0.29, 0.717) is 13.0 Å².